The molecule has 1 aromatic heterocycles. The molecule has 1 aromatic carbocycles. The highest BCUT2D eigenvalue weighted by Gasteiger charge is 2.17. The largest absolute Gasteiger partial charge is 0.497 e. The summed E-state index contributed by atoms with van der Waals surface area (Å²) in [4.78, 5) is 22.4. The number of hydrogen-bond donors (Lipinski definition) is 3. The van der Waals surface area contributed by atoms with Crippen molar-refractivity contribution in [2.45, 2.75) is 0 Å². The summed E-state index contributed by atoms with van der Waals surface area (Å²) < 4.78 is 4.98. The third kappa shape index (κ3) is 1.92. The zero-order valence-corrected chi connectivity index (χ0v) is 8.98. The van der Waals surface area contributed by atoms with Crippen LogP contribution in [-0.4, -0.2) is 28.4 Å². The average molecular weight is 234 g/mol. The Hall–Kier alpha value is -2.50. The quantitative estimate of drug-likeness (QED) is 0.740. The van der Waals surface area contributed by atoms with Crippen molar-refractivity contribution in [3.05, 3.63) is 40.3 Å². The van der Waals surface area contributed by atoms with Gasteiger partial charge in [-0.05, 0) is 17.7 Å². The number of aromatic nitrogens is 2. The standard InChI is InChI=1S/C11H10N2O4/c1-17-7-4-2-6(3-5-7)8-9(11(15)16)12-13-10(8)14/h2-5H,1H3,(H,15,16)(H2,12,13,14). The van der Waals surface area contributed by atoms with Crippen LogP contribution in [0.2, 0.25) is 0 Å². The maximum Gasteiger partial charge on any atom is 0.354 e. The third-order valence-corrected chi connectivity index (χ3v) is 2.37. The molecular weight excluding hydrogens is 224 g/mol. The first-order chi connectivity index (χ1) is 8.13. The van der Waals surface area contributed by atoms with Crippen molar-refractivity contribution in [1.29, 1.82) is 0 Å². The van der Waals surface area contributed by atoms with Gasteiger partial charge in [-0.15, -0.1) is 0 Å². The van der Waals surface area contributed by atoms with E-state index in [-0.39, 0.29) is 11.3 Å². The summed E-state index contributed by atoms with van der Waals surface area (Å²) in [5, 5.41) is 13.5. The lowest BCUT2D eigenvalue weighted by molar-refractivity contribution is 0.0691. The predicted molar refractivity (Wildman–Crippen MR) is 60.4 cm³/mol. The maximum absolute atomic E-state index is 11.5. The molecule has 0 spiro atoms. The number of nitrogens with one attached hydrogen (secondary N) is 2. The molecule has 0 atom stereocenters. The van der Waals surface area contributed by atoms with Gasteiger partial charge < -0.3 is 9.84 Å². The molecule has 0 amide bonds. The number of hydrogen-bond acceptors (Lipinski definition) is 3. The molecule has 6 nitrogen and oxygen atoms in total. The van der Waals surface area contributed by atoms with Gasteiger partial charge in [0.1, 0.15) is 5.75 Å². The fourth-order valence-corrected chi connectivity index (χ4v) is 1.55. The Morgan fingerprint density at radius 1 is 1.24 bits per heavy atom. The molecule has 0 saturated heterocycles. The molecule has 0 fully saturated rings. The van der Waals surface area contributed by atoms with E-state index in [9.17, 15) is 9.59 Å². The van der Waals surface area contributed by atoms with E-state index in [1.807, 2.05) is 0 Å². The monoisotopic (exact) mass is 234 g/mol. The Morgan fingerprint density at radius 2 is 1.88 bits per heavy atom. The summed E-state index contributed by atoms with van der Waals surface area (Å²) in [6.45, 7) is 0. The third-order valence-electron chi connectivity index (χ3n) is 2.37. The molecule has 88 valence electrons. The molecule has 17 heavy (non-hydrogen) atoms. The summed E-state index contributed by atoms with van der Waals surface area (Å²) in [7, 11) is 1.53. The van der Waals surface area contributed by atoms with Gasteiger partial charge in [0.15, 0.2) is 5.69 Å². The highest BCUT2D eigenvalue weighted by molar-refractivity contribution is 5.93. The smallest absolute Gasteiger partial charge is 0.354 e. The molecule has 0 aliphatic carbocycles. The zero-order chi connectivity index (χ0) is 12.4. The Labute approximate surface area is 95.8 Å². The minimum Gasteiger partial charge on any atom is -0.497 e. The van der Waals surface area contributed by atoms with Crippen molar-refractivity contribution in [1.82, 2.24) is 10.2 Å². The summed E-state index contributed by atoms with van der Waals surface area (Å²) in [6.07, 6.45) is 0. The van der Waals surface area contributed by atoms with Crippen molar-refractivity contribution in [2.24, 2.45) is 0 Å². The molecule has 1 heterocycles. The number of carbonyl (C=O) groups is 1. The number of carboxylic acid groups (broad SMARTS) is 1. The van der Waals surface area contributed by atoms with E-state index in [1.54, 1.807) is 24.3 Å². The first-order valence-electron chi connectivity index (χ1n) is 4.82. The molecular formula is C11H10N2O4. The van der Waals surface area contributed by atoms with E-state index in [4.69, 9.17) is 9.84 Å². The van der Waals surface area contributed by atoms with Crippen LogP contribution in [0.3, 0.4) is 0 Å². The number of carboxylic acids is 1. The van der Waals surface area contributed by atoms with Gasteiger partial charge in [0.2, 0.25) is 0 Å². The van der Waals surface area contributed by atoms with Crippen LogP contribution < -0.4 is 10.3 Å². The molecule has 3 N–H and O–H groups in total. The topological polar surface area (TPSA) is 95.2 Å². The number of methoxy groups -OCH3 is 1. The lowest BCUT2D eigenvalue weighted by atomic mass is 10.1. The van der Waals surface area contributed by atoms with Crippen LogP contribution in [0.5, 0.6) is 5.75 Å². The molecule has 6 heteroatoms. The normalized spacial score (nSPS) is 10.2. The summed E-state index contributed by atoms with van der Waals surface area (Å²) in [5.74, 6) is -0.549. The van der Waals surface area contributed by atoms with Gasteiger partial charge in [0, 0.05) is 0 Å². The molecule has 0 bridgehead atoms. The molecule has 0 radical (unpaired) electrons. The second-order valence-corrected chi connectivity index (χ2v) is 3.36. The van der Waals surface area contributed by atoms with Gasteiger partial charge in [-0.1, -0.05) is 12.1 Å². The summed E-state index contributed by atoms with van der Waals surface area (Å²) in [5.41, 5.74) is 0.0126. The molecule has 0 aliphatic rings. The average Bonchev–Trinajstić information content (AvgIpc) is 2.71. The Morgan fingerprint density at radius 3 is 2.41 bits per heavy atom. The highest BCUT2D eigenvalue weighted by Crippen LogP contribution is 2.21. The van der Waals surface area contributed by atoms with Crippen LogP contribution in [-0.2, 0) is 0 Å². The highest BCUT2D eigenvalue weighted by atomic mass is 16.5. The van der Waals surface area contributed by atoms with Crippen LogP contribution in [0.25, 0.3) is 11.1 Å². The number of benzene rings is 1. The van der Waals surface area contributed by atoms with E-state index < -0.39 is 11.5 Å². The number of H-pyrrole nitrogens is 2. The molecule has 0 unspecified atom stereocenters. The first kappa shape index (κ1) is 11.0. The minimum atomic E-state index is -1.19. The van der Waals surface area contributed by atoms with Crippen molar-refractivity contribution >= 4 is 5.97 Å². The molecule has 0 saturated carbocycles. The lowest BCUT2D eigenvalue weighted by Crippen LogP contribution is -2.05. The van der Waals surface area contributed by atoms with Crippen LogP contribution in [0.15, 0.2) is 29.1 Å². The van der Waals surface area contributed by atoms with Gasteiger partial charge in [-0.3, -0.25) is 15.0 Å². The van der Waals surface area contributed by atoms with Gasteiger partial charge in [0.05, 0.1) is 12.7 Å². The predicted octanol–water partition coefficient (Wildman–Crippen LogP) is 1.08. The van der Waals surface area contributed by atoms with Gasteiger partial charge >= 0.3 is 5.97 Å². The van der Waals surface area contributed by atoms with Crippen LogP contribution in [0, 0.1) is 0 Å². The van der Waals surface area contributed by atoms with E-state index in [2.05, 4.69) is 10.2 Å². The molecule has 2 rings (SSSR count). The van der Waals surface area contributed by atoms with E-state index in [1.165, 1.54) is 7.11 Å². The van der Waals surface area contributed by atoms with Gasteiger partial charge in [0.25, 0.3) is 5.56 Å². The van der Waals surface area contributed by atoms with Crippen molar-refractivity contribution < 1.29 is 14.6 Å². The summed E-state index contributed by atoms with van der Waals surface area (Å²) >= 11 is 0. The van der Waals surface area contributed by atoms with Crippen molar-refractivity contribution in [3.63, 3.8) is 0 Å². The Bertz CT molecular complexity index is 595. The van der Waals surface area contributed by atoms with E-state index >= 15 is 0 Å². The summed E-state index contributed by atoms with van der Waals surface area (Å²) in [6, 6.07) is 6.58. The van der Waals surface area contributed by atoms with Crippen molar-refractivity contribution in [2.75, 3.05) is 7.11 Å². The second kappa shape index (κ2) is 4.17. The minimum absolute atomic E-state index is 0.111. The Balaban J connectivity index is 2.55. The van der Waals surface area contributed by atoms with E-state index in [0.717, 1.165) is 0 Å². The zero-order valence-electron chi connectivity index (χ0n) is 8.98. The number of ether oxygens (including phenoxy) is 1. The fraction of sp³-hybridized carbons (Fsp3) is 0.0909. The SMILES string of the molecule is COc1ccc(-c2c(C(=O)O)[nH][nH]c2=O)cc1. The number of aromatic amines is 2. The van der Waals surface area contributed by atoms with Crippen LogP contribution >= 0.6 is 0 Å². The number of aromatic carboxylic acids is 1. The first-order valence-corrected chi connectivity index (χ1v) is 4.82. The van der Waals surface area contributed by atoms with Crippen LogP contribution in [0.4, 0.5) is 0 Å². The molecule has 0 aliphatic heterocycles. The fourth-order valence-electron chi connectivity index (χ4n) is 1.55. The lowest BCUT2D eigenvalue weighted by Gasteiger charge is -2.01. The van der Waals surface area contributed by atoms with E-state index in [0.29, 0.717) is 11.3 Å². The van der Waals surface area contributed by atoms with Gasteiger partial charge in [-0.2, -0.15) is 0 Å². The number of rotatable bonds is 3. The molecule has 2 aromatic rings. The Kier molecular flexibility index (Phi) is 2.70. The second-order valence-electron chi connectivity index (χ2n) is 3.36. The van der Waals surface area contributed by atoms with Crippen molar-refractivity contribution in [3.8, 4) is 16.9 Å². The van der Waals surface area contributed by atoms with Crippen LogP contribution in [0.1, 0.15) is 10.5 Å². The van der Waals surface area contributed by atoms with Gasteiger partial charge in [-0.25, -0.2) is 4.79 Å². The maximum atomic E-state index is 11.5.